The second-order valence-corrected chi connectivity index (χ2v) is 8.82. The summed E-state index contributed by atoms with van der Waals surface area (Å²) in [5.41, 5.74) is 1.86. The maximum absolute atomic E-state index is 13.5. The minimum absolute atomic E-state index is 0.0165. The lowest BCUT2D eigenvalue weighted by molar-refractivity contribution is -0.166. The van der Waals surface area contributed by atoms with Gasteiger partial charge in [-0.15, -0.1) is 0 Å². The zero-order chi connectivity index (χ0) is 27.6. The summed E-state index contributed by atoms with van der Waals surface area (Å²) in [6.45, 7) is 2.35. The average molecular weight is 531 g/mol. The molecule has 2 aliphatic rings. The quantitative estimate of drug-likeness (QED) is 0.369. The first-order chi connectivity index (χ1) is 18.2. The average Bonchev–Trinajstić information content (AvgIpc) is 3.36. The van der Waals surface area contributed by atoms with Gasteiger partial charge in [0.05, 0.1) is 41.0 Å². The minimum atomic E-state index is -0.946. The molecule has 0 bridgehead atoms. The van der Waals surface area contributed by atoms with Gasteiger partial charge in [0, 0.05) is 31.2 Å². The first-order valence-electron chi connectivity index (χ1n) is 11.9. The molecule has 1 aliphatic carbocycles. The summed E-state index contributed by atoms with van der Waals surface area (Å²) in [7, 11) is 5.75. The Morgan fingerprint density at radius 1 is 0.842 bits per heavy atom. The van der Waals surface area contributed by atoms with E-state index in [4.69, 9.17) is 37.9 Å². The number of hydrogen-bond donors (Lipinski definition) is 0. The number of benzene rings is 2. The van der Waals surface area contributed by atoms with Crippen molar-refractivity contribution in [1.29, 1.82) is 0 Å². The van der Waals surface area contributed by atoms with Crippen molar-refractivity contribution < 1.29 is 52.3 Å². The van der Waals surface area contributed by atoms with Crippen molar-refractivity contribution in [3.8, 4) is 28.7 Å². The molecule has 0 saturated heterocycles. The van der Waals surface area contributed by atoms with Gasteiger partial charge in [0.15, 0.2) is 23.0 Å². The zero-order valence-electron chi connectivity index (χ0n) is 22.0. The van der Waals surface area contributed by atoms with Gasteiger partial charge in [-0.05, 0) is 35.4 Å². The summed E-state index contributed by atoms with van der Waals surface area (Å²) in [5.74, 6) is -2.03. The van der Waals surface area contributed by atoms with E-state index in [9.17, 15) is 14.4 Å². The molecule has 4 atom stereocenters. The van der Waals surface area contributed by atoms with Gasteiger partial charge < -0.3 is 37.9 Å². The highest BCUT2D eigenvalue weighted by atomic mass is 16.7. The molecule has 4 rings (SSSR count). The number of carbonyl (C=O) groups excluding carboxylic acids is 3. The third kappa shape index (κ3) is 4.88. The molecule has 0 saturated carbocycles. The van der Waals surface area contributed by atoms with E-state index in [1.54, 1.807) is 24.3 Å². The molecule has 11 nitrogen and oxygen atoms in total. The summed E-state index contributed by atoms with van der Waals surface area (Å²) >= 11 is 0. The van der Waals surface area contributed by atoms with E-state index >= 15 is 0 Å². The number of methoxy groups -OCH3 is 4. The first-order valence-corrected chi connectivity index (χ1v) is 11.9. The number of fused-ring (bicyclic) bond motifs is 2. The summed E-state index contributed by atoms with van der Waals surface area (Å²) in [5, 5.41) is 0. The lowest BCUT2D eigenvalue weighted by Crippen LogP contribution is -2.43. The molecule has 1 heterocycles. The van der Waals surface area contributed by atoms with Crippen molar-refractivity contribution in [2.45, 2.75) is 25.9 Å². The molecule has 0 fully saturated rings. The Morgan fingerprint density at radius 2 is 1.45 bits per heavy atom. The van der Waals surface area contributed by atoms with Crippen molar-refractivity contribution in [2.24, 2.45) is 11.8 Å². The monoisotopic (exact) mass is 530 g/mol. The summed E-state index contributed by atoms with van der Waals surface area (Å²) in [4.78, 5) is 37.5. The fraction of sp³-hybridized carbons (Fsp3) is 0.444. The number of ether oxygens (including phenoxy) is 8. The highest BCUT2D eigenvalue weighted by molar-refractivity contribution is 5.77. The predicted octanol–water partition coefficient (Wildman–Crippen LogP) is 3.16. The fourth-order valence-corrected chi connectivity index (χ4v) is 5.20. The first kappa shape index (κ1) is 26.9. The molecular formula is C27H30O11. The Balaban J connectivity index is 2.03. The molecule has 0 radical (unpaired) electrons. The standard InChI is InChI=1S/C27H30O11/c1-13(28)35-11-18-24(27(30)34-6)23(15-7-21(31-3)26(33-5)22(8-15)32-4)16-9-19-20(37-12-36-19)10-17(16)25(18)38-14(2)29/h7-10,18,23-25H,11-12H2,1-6H3/t18-,23+,24+,25-/m0/s1. The molecule has 0 N–H and O–H groups in total. The second kappa shape index (κ2) is 11.1. The van der Waals surface area contributed by atoms with Crippen LogP contribution in [0.1, 0.15) is 42.6 Å². The SMILES string of the molecule is COC(=O)[C@H]1[C@H](c2cc(OC)c(OC)c(OC)c2)c2cc3c(cc2[C@H](OC(C)=O)[C@H]1COC(C)=O)OCO3. The maximum Gasteiger partial charge on any atom is 0.310 e. The summed E-state index contributed by atoms with van der Waals surface area (Å²) < 4.78 is 44.2. The van der Waals surface area contributed by atoms with Crippen LogP contribution in [0.4, 0.5) is 0 Å². The number of carbonyl (C=O) groups is 3. The van der Waals surface area contributed by atoms with Gasteiger partial charge >= 0.3 is 17.9 Å². The minimum Gasteiger partial charge on any atom is -0.493 e. The molecule has 2 aromatic rings. The summed E-state index contributed by atoms with van der Waals surface area (Å²) in [6.07, 6.45) is -0.946. The van der Waals surface area contributed by atoms with Crippen LogP contribution in [0.2, 0.25) is 0 Å². The van der Waals surface area contributed by atoms with Gasteiger partial charge in [-0.1, -0.05) is 0 Å². The van der Waals surface area contributed by atoms with Gasteiger partial charge in [-0.2, -0.15) is 0 Å². The number of esters is 3. The van der Waals surface area contributed by atoms with E-state index in [1.165, 1.54) is 42.3 Å². The van der Waals surface area contributed by atoms with Crippen LogP contribution < -0.4 is 23.7 Å². The van der Waals surface area contributed by atoms with E-state index in [-0.39, 0.29) is 13.4 Å². The van der Waals surface area contributed by atoms with Crippen LogP contribution in [0.25, 0.3) is 0 Å². The van der Waals surface area contributed by atoms with E-state index in [1.807, 2.05) is 0 Å². The molecule has 1 aliphatic heterocycles. The molecule has 0 aromatic heterocycles. The van der Waals surface area contributed by atoms with E-state index < -0.39 is 41.8 Å². The third-order valence-electron chi connectivity index (χ3n) is 6.72. The fourth-order valence-electron chi connectivity index (χ4n) is 5.20. The normalized spacial score (nSPS) is 21.1. The Hall–Kier alpha value is -4.15. The van der Waals surface area contributed by atoms with Gasteiger partial charge in [0.25, 0.3) is 0 Å². The third-order valence-corrected chi connectivity index (χ3v) is 6.72. The molecule has 38 heavy (non-hydrogen) atoms. The van der Waals surface area contributed by atoms with Crippen molar-refractivity contribution >= 4 is 17.9 Å². The van der Waals surface area contributed by atoms with Crippen LogP contribution in [-0.2, 0) is 28.6 Å². The molecular weight excluding hydrogens is 500 g/mol. The highest BCUT2D eigenvalue weighted by Gasteiger charge is 2.50. The van der Waals surface area contributed by atoms with Crippen molar-refractivity contribution in [3.63, 3.8) is 0 Å². The topological polar surface area (TPSA) is 125 Å². The zero-order valence-corrected chi connectivity index (χ0v) is 22.0. The van der Waals surface area contributed by atoms with E-state index in [0.717, 1.165) is 0 Å². The Labute approximate surface area is 219 Å². The molecule has 204 valence electrons. The predicted molar refractivity (Wildman–Crippen MR) is 131 cm³/mol. The lowest BCUT2D eigenvalue weighted by atomic mass is 9.65. The molecule has 2 aromatic carbocycles. The van der Waals surface area contributed by atoms with Crippen LogP contribution >= 0.6 is 0 Å². The van der Waals surface area contributed by atoms with Gasteiger partial charge in [-0.3, -0.25) is 14.4 Å². The maximum atomic E-state index is 13.5. The Kier molecular flexibility index (Phi) is 7.84. The van der Waals surface area contributed by atoms with Gasteiger partial charge in [0.2, 0.25) is 12.5 Å². The lowest BCUT2D eigenvalue weighted by Gasteiger charge is -2.42. The number of rotatable bonds is 8. The van der Waals surface area contributed by atoms with Gasteiger partial charge in [0.1, 0.15) is 6.10 Å². The van der Waals surface area contributed by atoms with Crippen molar-refractivity contribution in [2.75, 3.05) is 41.8 Å². The Bertz CT molecular complexity index is 1210. The Morgan fingerprint density at radius 3 is 1.95 bits per heavy atom. The van der Waals surface area contributed by atoms with Crippen LogP contribution in [-0.4, -0.2) is 59.7 Å². The van der Waals surface area contributed by atoms with Crippen molar-refractivity contribution in [1.82, 2.24) is 0 Å². The van der Waals surface area contributed by atoms with Crippen LogP contribution in [0, 0.1) is 11.8 Å². The molecule has 11 heteroatoms. The van der Waals surface area contributed by atoms with Gasteiger partial charge in [-0.25, -0.2) is 0 Å². The van der Waals surface area contributed by atoms with Crippen molar-refractivity contribution in [3.05, 3.63) is 41.0 Å². The molecule has 0 spiro atoms. The smallest absolute Gasteiger partial charge is 0.310 e. The molecule has 0 amide bonds. The number of hydrogen-bond acceptors (Lipinski definition) is 11. The van der Waals surface area contributed by atoms with Crippen LogP contribution in [0.5, 0.6) is 28.7 Å². The highest BCUT2D eigenvalue weighted by Crippen LogP contribution is 2.55. The van der Waals surface area contributed by atoms with Crippen LogP contribution in [0.15, 0.2) is 24.3 Å². The second-order valence-electron chi connectivity index (χ2n) is 8.82. The van der Waals surface area contributed by atoms with E-state index in [2.05, 4.69) is 0 Å². The summed E-state index contributed by atoms with van der Waals surface area (Å²) in [6, 6.07) is 6.97. The van der Waals surface area contributed by atoms with Crippen LogP contribution in [0.3, 0.4) is 0 Å². The largest absolute Gasteiger partial charge is 0.493 e. The van der Waals surface area contributed by atoms with E-state index in [0.29, 0.717) is 45.4 Å². The molecule has 0 unspecified atom stereocenters.